The van der Waals surface area contributed by atoms with Gasteiger partial charge in [0.15, 0.2) is 0 Å². The molecule has 0 saturated carbocycles. The molecule has 3 atom stereocenters. The molecule has 2 unspecified atom stereocenters. The number of rotatable bonds is 3. The Labute approximate surface area is 106 Å². The summed E-state index contributed by atoms with van der Waals surface area (Å²) >= 11 is 1.68. The van der Waals surface area contributed by atoms with Crippen LogP contribution in [-0.4, -0.2) is 18.0 Å². The van der Waals surface area contributed by atoms with Crippen LogP contribution in [0.4, 0.5) is 4.39 Å². The first-order valence-electron chi connectivity index (χ1n) is 5.92. The van der Waals surface area contributed by atoms with Crippen LogP contribution in [0.15, 0.2) is 23.1 Å². The third-order valence-corrected chi connectivity index (χ3v) is 4.58. The fourth-order valence-corrected chi connectivity index (χ4v) is 3.47. The lowest BCUT2D eigenvalue weighted by molar-refractivity contribution is 0.127. The average molecular weight is 255 g/mol. The molecular formula is C13H18FNOS. The van der Waals surface area contributed by atoms with Crippen LogP contribution in [0.2, 0.25) is 0 Å². The molecule has 0 radical (unpaired) electrons. The number of halogens is 1. The Bertz CT molecular complexity index is 397. The van der Waals surface area contributed by atoms with Crippen molar-refractivity contribution < 1.29 is 9.13 Å². The van der Waals surface area contributed by atoms with Crippen LogP contribution in [0.5, 0.6) is 0 Å². The first kappa shape index (κ1) is 12.9. The molecule has 0 bridgehead atoms. The second-order valence-corrected chi connectivity index (χ2v) is 5.74. The third kappa shape index (κ3) is 2.81. The van der Waals surface area contributed by atoms with E-state index < -0.39 is 0 Å². The second kappa shape index (κ2) is 5.38. The maximum absolute atomic E-state index is 13.7. The quantitative estimate of drug-likeness (QED) is 0.901. The minimum Gasteiger partial charge on any atom is -0.377 e. The highest BCUT2D eigenvalue weighted by molar-refractivity contribution is 8.00. The lowest BCUT2D eigenvalue weighted by Crippen LogP contribution is -2.15. The Morgan fingerprint density at radius 3 is 2.88 bits per heavy atom. The normalized spacial score (nSPS) is 26.1. The number of nitrogens with two attached hydrogens (primary N) is 1. The highest BCUT2D eigenvalue weighted by Crippen LogP contribution is 2.36. The zero-order valence-corrected chi connectivity index (χ0v) is 11.0. The standard InChI is InChI=1S/C13H18FNOS/c1-8(15)13-10(14)4-3-5-12(13)17-11-6-7-16-9(11)2/h3-5,8-9,11H,6-7,15H2,1-2H3/t8-,9?,11?/m1/s1. The first-order valence-corrected chi connectivity index (χ1v) is 6.80. The first-order chi connectivity index (χ1) is 8.09. The van der Waals surface area contributed by atoms with Crippen molar-refractivity contribution in [2.45, 2.75) is 42.6 Å². The van der Waals surface area contributed by atoms with Gasteiger partial charge in [-0.05, 0) is 32.4 Å². The van der Waals surface area contributed by atoms with Gasteiger partial charge < -0.3 is 10.5 Å². The SMILES string of the molecule is CC1OCCC1Sc1cccc(F)c1[C@@H](C)N. The highest BCUT2D eigenvalue weighted by Gasteiger charge is 2.26. The summed E-state index contributed by atoms with van der Waals surface area (Å²) in [4.78, 5) is 0.947. The van der Waals surface area contributed by atoms with Crippen molar-refractivity contribution >= 4 is 11.8 Å². The molecule has 2 N–H and O–H groups in total. The summed E-state index contributed by atoms with van der Waals surface area (Å²) < 4.78 is 19.3. The predicted octanol–water partition coefficient (Wildman–Crippen LogP) is 3.11. The molecule has 0 aliphatic carbocycles. The number of hydrogen-bond donors (Lipinski definition) is 1. The maximum atomic E-state index is 13.7. The van der Waals surface area contributed by atoms with Crippen LogP contribution in [0.1, 0.15) is 31.9 Å². The molecule has 1 heterocycles. The van der Waals surface area contributed by atoms with E-state index >= 15 is 0 Å². The molecular weight excluding hydrogens is 237 g/mol. The molecule has 4 heteroatoms. The van der Waals surface area contributed by atoms with Crippen LogP contribution < -0.4 is 5.73 Å². The molecule has 17 heavy (non-hydrogen) atoms. The van der Waals surface area contributed by atoms with Gasteiger partial charge in [-0.1, -0.05) is 6.07 Å². The van der Waals surface area contributed by atoms with Crippen LogP contribution in [-0.2, 0) is 4.74 Å². The predicted molar refractivity (Wildman–Crippen MR) is 68.7 cm³/mol. The van der Waals surface area contributed by atoms with Crippen molar-refractivity contribution in [3.63, 3.8) is 0 Å². The monoisotopic (exact) mass is 255 g/mol. The molecule has 2 nitrogen and oxygen atoms in total. The zero-order chi connectivity index (χ0) is 12.4. The van der Waals surface area contributed by atoms with Gasteiger partial charge >= 0.3 is 0 Å². The van der Waals surface area contributed by atoms with E-state index in [4.69, 9.17) is 10.5 Å². The molecule has 1 aromatic rings. The Balaban J connectivity index is 2.23. The molecule has 1 aromatic carbocycles. The smallest absolute Gasteiger partial charge is 0.129 e. The van der Waals surface area contributed by atoms with E-state index in [1.165, 1.54) is 6.07 Å². The minimum atomic E-state index is -0.281. The molecule has 1 fully saturated rings. The van der Waals surface area contributed by atoms with Gasteiger partial charge in [0.05, 0.1) is 6.10 Å². The summed E-state index contributed by atoms with van der Waals surface area (Å²) in [5.74, 6) is -0.212. The van der Waals surface area contributed by atoms with Crippen molar-refractivity contribution in [2.24, 2.45) is 5.73 Å². The Morgan fingerprint density at radius 2 is 2.29 bits per heavy atom. The fourth-order valence-electron chi connectivity index (χ4n) is 2.09. The zero-order valence-electron chi connectivity index (χ0n) is 10.2. The molecule has 1 aliphatic rings. The van der Waals surface area contributed by atoms with Gasteiger partial charge in [-0.15, -0.1) is 11.8 Å². The Kier molecular flexibility index (Phi) is 4.07. The molecule has 94 valence electrons. The van der Waals surface area contributed by atoms with Gasteiger partial charge in [-0.25, -0.2) is 4.39 Å². The summed E-state index contributed by atoms with van der Waals surface area (Å²) in [6, 6.07) is 4.87. The molecule has 1 saturated heterocycles. The van der Waals surface area contributed by atoms with E-state index in [2.05, 4.69) is 6.92 Å². The molecule has 0 aromatic heterocycles. The van der Waals surface area contributed by atoms with E-state index in [0.717, 1.165) is 17.9 Å². The summed E-state index contributed by atoms with van der Waals surface area (Å²) in [6.45, 7) is 4.67. The number of ether oxygens (including phenoxy) is 1. The van der Waals surface area contributed by atoms with Crippen LogP contribution >= 0.6 is 11.8 Å². The summed E-state index contributed by atoms with van der Waals surface area (Å²) in [5, 5.41) is 0.397. The van der Waals surface area contributed by atoms with Crippen LogP contribution in [0.25, 0.3) is 0 Å². The molecule has 0 spiro atoms. The number of benzene rings is 1. The Hall–Kier alpha value is -0.580. The van der Waals surface area contributed by atoms with E-state index in [9.17, 15) is 4.39 Å². The second-order valence-electron chi connectivity index (χ2n) is 4.46. The van der Waals surface area contributed by atoms with Crippen molar-refractivity contribution in [1.29, 1.82) is 0 Å². The van der Waals surface area contributed by atoms with E-state index in [0.29, 0.717) is 10.8 Å². The van der Waals surface area contributed by atoms with Gasteiger partial charge in [0, 0.05) is 28.4 Å². The van der Waals surface area contributed by atoms with E-state index in [-0.39, 0.29) is 18.0 Å². The topological polar surface area (TPSA) is 35.2 Å². The van der Waals surface area contributed by atoms with E-state index in [1.54, 1.807) is 17.8 Å². The lowest BCUT2D eigenvalue weighted by atomic mass is 10.1. The van der Waals surface area contributed by atoms with Crippen molar-refractivity contribution in [1.82, 2.24) is 0 Å². The third-order valence-electron chi connectivity index (χ3n) is 3.05. The fraction of sp³-hybridized carbons (Fsp3) is 0.538. The van der Waals surface area contributed by atoms with Crippen LogP contribution in [0, 0.1) is 5.82 Å². The summed E-state index contributed by atoms with van der Waals surface area (Å²) in [6.07, 6.45) is 1.24. The van der Waals surface area contributed by atoms with Gasteiger partial charge in [0.25, 0.3) is 0 Å². The van der Waals surface area contributed by atoms with Crippen LogP contribution in [0.3, 0.4) is 0 Å². The van der Waals surface area contributed by atoms with E-state index in [1.807, 2.05) is 13.0 Å². The summed E-state index contributed by atoms with van der Waals surface area (Å²) in [5.41, 5.74) is 6.46. The molecule has 0 amide bonds. The van der Waals surface area contributed by atoms with Crippen molar-refractivity contribution in [3.8, 4) is 0 Å². The van der Waals surface area contributed by atoms with Gasteiger partial charge in [0.1, 0.15) is 5.82 Å². The molecule has 1 aliphatic heterocycles. The number of thioether (sulfide) groups is 1. The summed E-state index contributed by atoms with van der Waals surface area (Å²) in [7, 11) is 0. The van der Waals surface area contributed by atoms with Crippen molar-refractivity contribution in [3.05, 3.63) is 29.6 Å². The number of hydrogen-bond acceptors (Lipinski definition) is 3. The Morgan fingerprint density at radius 1 is 1.53 bits per heavy atom. The van der Waals surface area contributed by atoms with Gasteiger partial charge in [0.2, 0.25) is 0 Å². The minimum absolute atomic E-state index is 0.212. The van der Waals surface area contributed by atoms with Gasteiger partial charge in [-0.3, -0.25) is 0 Å². The van der Waals surface area contributed by atoms with Crippen molar-refractivity contribution in [2.75, 3.05) is 6.61 Å². The maximum Gasteiger partial charge on any atom is 0.129 e. The lowest BCUT2D eigenvalue weighted by Gasteiger charge is -2.18. The molecule has 2 rings (SSSR count). The largest absolute Gasteiger partial charge is 0.377 e. The average Bonchev–Trinajstić information content (AvgIpc) is 2.64. The van der Waals surface area contributed by atoms with Gasteiger partial charge in [-0.2, -0.15) is 0 Å². The highest BCUT2D eigenvalue weighted by atomic mass is 32.2.